The van der Waals surface area contributed by atoms with E-state index in [9.17, 15) is 10.1 Å². The summed E-state index contributed by atoms with van der Waals surface area (Å²) in [7, 11) is 0. The second kappa shape index (κ2) is 7.67. The molecule has 0 heterocycles. The van der Waals surface area contributed by atoms with E-state index in [0.29, 0.717) is 10.7 Å². The van der Waals surface area contributed by atoms with E-state index >= 15 is 0 Å². The fraction of sp³-hybridized carbons (Fsp3) is 0.158. The number of hydrogen-bond acceptors (Lipinski definition) is 3. The largest absolute Gasteiger partial charge is 0.360 e. The number of anilines is 2. The standard InChI is InChI=1S/C19H18ClN3O/c1-12-6-4-9-18(13(12)2)23-19(24)15(10-21)11-22-17-8-5-7-16(20)14(17)3/h4-9,11,22H,1-3H3,(H,23,24)/b15-11-. The smallest absolute Gasteiger partial charge is 0.267 e. The number of hydrogen-bond donors (Lipinski definition) is 2. The normalized spacial score (nSPS) is 10.9. The van der Waals surface area contributed by atoms with E-state index in [2.05, 4.69) is 10.6 Å². The summed E-state index contributed by atoms with van der Waals surface area (Å²) in [6, 6.07) is 13.0. The van der Waals surface area contributed by atoms with Gasteiger partial charge in [0.05, 0.1) is 0 Å². The molecule has 0 aliphatic heterocycles. The van der Waals surface area contributed by atoms with Crippen molar-refractivity contribution in [1.82, 2.24) is 0 Å². The fourth-order valence-corrected chi connectivity index (χ4v) is 2.31. The first-order valence-corrected chi connectivity index (χ1v) is 7.81. The Kier molecular flexibility index (Phi) is 5.62. The number of carbonyl (C=O) groups is 1. The zero-order valence-corrected chi connectivity index (χ0v) is 14.5. The van der Waals surface area contributed by atoms with Crippen molar-refractivity contribution in [2.45, 2.75) is 20.8 Å². The summed E-state index contributed by atoms with van der Waals surface area (Å²) in [5, 5.41) is 15.6. The quantitative estimate of drug-likeness (QED) is 0.625. The number of carbonyl (C=O) groups excluding carboxylic acids is 1. The first-order chi connectivity index (χ1) is 11.4. The molecule has 5 heteroatoms. The van der Waals surface area contributed by atoms with Gasteiger partial charge in [0.15, 0.2) is 0 Å². The minimum Gasteiger partial charge on any atom is -0.360 e. The Bertz CT molecular complexity index is 850. The highest BCUT2D eigenvalue weighted by Crippen LogP contribution is 2.23. The van der Waals surface area contributed by atoms with Crippen LogP contribution in [0.25, 0.3) is 0 Å². The SMILES string of the molecule is Cc1cccc(NC(=O)/C(C#N)=C\Nc2cccc(Cl)c2C)c1C. The van der Waals surface area contributed by atoms with E-state index in [1.807, 2.05) is 51.1 Å². The molecule has 1 amide bonds. The molecule has 0 spiro atoms. The van der Waals surface area contributed by atoms with Crippen molar-refractivity contribution in [3.63, 3.8) is 0 Å². The average Bonchev–Trinajstić information content (AvgIpc) is 2.56. The monoisotopic (exact) mass is 339 g/mol. The Morgan fingerprint density at radius 2 is 1.75 bits per heavy atom. The van der Waals surface area contributed by atoms with Crippen molar-refractivity contribution >= 4 is 28.9 Å². The third-order valence-electron chi connectivity index (χ3n) is 3.86. The van der Waals surface area contributed by atoms with Crippen molar-refractivity contribution < 1.29 is 4.79 Å². The fourth-order valence-electron chi connectivity index (χ4n) is 2.14. The van der Waals surface area contributed by atoms with E-state index in [0.717, 1.165) is 22.4 Å². The van der Waals surface area contributed by atoms with Crippen LogP contribution in [0.4, 0.5) is 11.4 Å². The summed E-state index contributed by atoms with van der Waals surface area (Å²) in [6.45, 7) is 5.75. The molecule has 0 aromatic heterocycles. The number of aryl methyl sites for hydroxylation is 1. The molecule has 0 saturated heterocycles. The average molecular weight is 340 g/mol. The lowest BCUT2D eigenvalue weighted by Crippen LogP contribution is -2.15. The van der Waals surface area contributed by atoms with E-state index in [1.165, 1.54) is 6.20 Å². The lowest BCUT2D eigenvalue weighted by Gasteiger charge is -2.10. The molecule has 0 fully saturated rings. The Morgan fingerprint density at radius 3 is 2.46 bits per heavy atom. The Balaban J connectivity index is 2.18. The topological polar surface area (TPSA) is 64.9 Å². The Hall–Kier alpha value is -2.77. The number of nitrogens with zero attached hydrogens (tertiary/aromatic N) is 1. The lowest BCUT2D eigenvalue weighted by atomic mass is 10.1. The van der Waals surface area contributed by atoms with Crippen molar-refractivity contribution in [1.29, 1.82) is 5.26 Å². The summed E-state index contributed by atoms with van der Waals surface area (Å²) in [5.74, 6) is -0.460. The van der Waals surface area contributed by atoms with Gasteiger partial charge < -0.3 is 10.6 Å². The predicted octanol–water partition coefficient (Wildman–Crippen LogP) is 4.72. The van der Waals surface area contributed by atoms with Crippen LogP contribution in [0.5, 0.6) is 0 Å². The van der Waals surface area contributed by atoms with Gasteiger partial charge in [-0.05, 0) is 55.7 Å². The van der Waals surface area contributed by atoms with Crippen LogP contribution in [0.15, 0.2) is 48.2 Å². The Morgan fingerprint density at radius 1 is 1.08 bits per heavy atom. The molecular weight excluding hydrogens is 322 g/mol. The van der Waals surface area contributed by atoms with Crippen molar-refractivity contribution in [3.8, 4) is 6.07 Å². The Labute approximate surface area is 146 Å². The molecule has 24 heavy (non-hydrogen) atoms. The van der Waals surface area contributed by atoms with Crippen molar-refractivity contribution in [2.75, 3.05) is 10.6 Å². The highest BCUT2D eigenvalue weighted by atomic mass is 35.5. The maximum atomic E-state index is 12.3. The first-order valence-electron chi connectivity index (χ1n) is 7.43. The van der Waals surface area contributed by atoms with Crippen LogP contribution >= 0.6 is 11.6 Å². The molecule has 0 saturated carbocycles. The van der Waals surface area contributed by atoms with E-state index < -0.39 is 5.91 Å². The van der Waals surface area contributed by atoms with Gasteiger partial charge in [-0.25, -0.2) is 0 Å². The highest BCUT2D eigenvalue weighted by Gasteiger charge is 2.11. The van der Waals surface area contributed by atoms with Gasteiger partial charge in [0, 0.05) is 22.6 Å². The second-order valence-corrected chi connectivity index (χ2v) is 5.84. The van der Waals surface area contributed by atoms with Gasteiger partial charge in [-0.1, -0.05) is 29.8 Å². The molecular formula is C19H18ClN3O. The maximum absolute atomic E-state index is 12.3. The van der Waals surface area contributed by atoms with E-state index in [-0.39, 0.29) is 5.57 Å². The van der Waals surface area contributed by atoms with Crippen LogP contribution in [0.3, 0.4) is 0 Å². The van der Waals surface area contributed by atoms with Gasteiger partial charge in [0.25, 0.3) is 5.91 Å². The van der Waals surface area contributed by atoms with Crippen LogP contribution in [0.2, 0.25) is 5.02 Å². The summed E-state index contributed by atoms with van der Waals surface area (Å²) in [4.78, 5) is 12.3. The summed E-state index contributed by atoms with van der Waals surface area (Å²) in [6.07, 6.45) is 1.39. The van der Waals surface area contributed by atoms with Gasteiger partial charge in [0.2, 0.25) is 0 Å². The summed E-state index contributed by atoms with van der Waals surface area (Å²) < 4.78 is 0. The van der Waals surface area contributed by atoms with Crippen LogP contribution in [0, 0.1) is 32.1 Å². The van der Waals surface area contributed by atoms with Gasteiger partial charge in [0.1, 0.15) is 11.6 Å². The molecule has 2 rings (SSSR count). The van der Waals surface area contributed by atoms with Gasteiger partial charge in [-0.3, -0.25) is 4.79 Å². The zero-order chi connectivity index (χ0) is 17.7. The first kappa shape index (κ1) is 17.6. The van der Waals surface area contributed by atoms with Crippen molar-refractivity contribution in [2.24, 2.45) is 0 Å². The van der Waals surface area contributed by atoms with Crippen LogP contribution in [-0.2, 0) is 4.79 Å². The number of rotatable bonds is 4. The zero-order valence-electron chi connectivity index (χ0n) is 13.8. The molecule has 0 radical (unpaired) electrons. The molecule has 0 aliphatic rings. The lowest BCUT2D eigenvalue weighted by molar-refractivity contribution is -0.112. The van der Waals surface area contributed by atoms with Gasteiger partial charge in [-0.15, -0.1) is 0 Å². The molecule has 2 aromatic carbocycles. The number of halogens is 1. The number of amides is 1. The van der Waals surface area contributed by atoms with Crippen LogP contribution in [-0.4, -0.2) is 5.91 Å². The molecule has 0 atom stereocenters. The molecule has 2 aromatic rings. The number of nitrogens with one attached hydrogen (secondary N) is 2. The van der Waals surface area contributed by atoms with Crippen molar-refractivity contribution in [3.05, 3.63) is 69.9 Å². The third kappa shape index (κ3) is 3.95. The molecule has 122 valence electrons. The minimum atomic E-state index is -0.460. The summed E-state index contributed by atoms with van der Waals surface area (Å²) >= 11 is 6.06. The minimum absolute atomic E-state index is 0.0183. The van der Waals surface area contributed by atoms with E-state index in [1.54, 1.807) is 12.1 Å². The predicted molar refractivity (Wildman–Crippen MR) is 98.1 cm³/mol. The van der Waals surface area contributed by atoms with Gasteiger partial charge >= 0.3 is 0 Å². The van der Waals surface area contributed by atoms with E-state index in [4.69, 9.17) is 11.6 Å². The molecule has 0 bridgehead atoms. The van der Waals surface area contributed by atoms with Crippen LogP contribution in [0.1, 0.15) is 16.7 Å². The molecule has 2 N–H and O–H groups in total. The highest BCUT2D eigenvalue weighted by molar-refractivity contribution is 6.31. The number of nitriles is 1. The second-order valence-electron chi connectivity index (χ2n) is 5.43. The molecule has 0 unspecified atom stereocenters. The maximum Gasteiger partial charge on any atom is 0.267 e. The van der Waals surface area contributed by atoms with Crippen LogP contribution < -0.4 is 10.6 Å². The van der Waals surface area contributed by atoms with Gasteiger partial charge in [-0.2, -0.15) is 5.26 Å². The number of benzene rings is 2. The summed E-state index contributed by atoms with van der Waals surface area (Å²) in [5.41, 5.74) is 4.32. The molecule has 0 aliphatic carbocycles. The molecule has 4 nitrogen and oxygen atoms in total. The third-order valence-corrected chi connectivity index (χ3v) is 4.27.